The standard InChI is InChI=1S/C20H22N4OS/c1-2-3-4-5-6-15-7-9-16(10-8-15)18(25)22-20-24-23-19(26-20)17-11-13-21-14-12-17/h7-14H,2-6H2,1H3,(H,22,24,25). The van der Waals surface area contributed by atoms with Crippen LogP contribution in [0.1, 0.15) is 48.5 Å². The highest BCUT2D eigenvalue weighted by Crippen LogP contribution is 2.25. The van der Waals surface area contributed by atoms with Crippen molar-refractivity contribution in [3.8, 4) is 10.6 Å². The van der Waals surface area contributed by atoms with Crippen molar-refractivity contribution in [2.75, 3.05) is 5.32 Å². The molecule has 134 valence electrons. The van der Waals surface area contributed by atoms with E-state index in [4.69, 9.17) is 0 Å². The normalized spacial score (nSPS) is 10.7. The van der Waals surface area contributed by atoms with E-state index in [0.29, 0.717) is 10.7 Å². The van der Waals surface area contributed by atoms with E-state index in [0.717, 1.165) is 17.0 Å². The number of hydrogen-bond donors (Lipinski definition) is 1. The van der Waals surface area contributed by atoms with Gasteiger partial charge >= 0.3 is 0 Å². The van der Waals surface area contributed by atoms with Crippen LogP contribution in [-0.2, 0) is 6.42 Å². The number of amides is 1. The minimum Gasteiger partial charge on any atom is -0.296 e. The second-order valence-corrected chi connectivity index (χ2v) is 7.09. The Labute approximate surface area is 157 Å². The lowest BCUT2D eigenvalue weighted by Gasteiger charge is -2.04. The Morgan fingerprint density at radius 1 is 1.00 bits per heavy atom. The molecule has 3 rings (SSSR count). The van der Waals surface area contributed by atoms with Gasteiger partial charge in [-0.3, -0.25) is 15.1 Å². The summed E-state index contributed by atoms with van der Waals surface area (Å²) in [5.74, 6) is -0.167. The Bertz CT molecular complexity index is 831. The predicted octanol–water partition coefficient (Wildman–Crippen LogP) is 4.98. The summed E-state index contributed by atoms with van der Waals surface area (Å²) in [6.07, 6.45) is 9.46. The number of anilines is 1. The van der Waals surface area contributed by atoms with E-state index in [2.05, 4.69) is 27.4 Å². The molecule has 0 saturated carbocycles. The Morgan fingerprint density at radius 2 is 1.77 bits per heavy atom. The third-order valence-electron chi connectivity index (χ3n) is 4.11. The highest BCUT2D eigenvalue weighted by Gasteiger charge is 2.11. The molecule has 0 aliphatic carbocycles. The van der Waals surface area contributed by atoms with Gasteiger partial charge in [-0.05, 0) is 42.7 Å². The van der Waals surface area contributed by atoms with E-state index >= 15 is 0 Å². The molecule has 0 unspecified atom stereocenters. The number of unbranched alkanes of at least 4 members (excludes halogenated alkanes) is 3. The Balaban J connectivity index is 1.57. The molecule has 1 amide bonds. The number of pyridine rings is 1. The van der Waals surface area contributed by atoms with Crippen LogP contribution in [0.3, 0.4) is 0 Å². The topological polar surface area (TPSA) is 67.8 Å². The molecule has 0 saturated heterocycles. The van der Waals surface area contributed by atoms with Crippen molar-refractivity contribution in [3.05, 3.63) is 59.9 Å². The van der Waals surface area contributed by atoms with Crippen molar-refractivity contribution >= 4 is 22.4 Å². The first kappa shape index (κ1) is 18.2. The van der Waals surface area contributed by atoms with Gasteiger partial charge in [0, 0.05) is 23.5 Å². The van der Waals surface area contributed by atoms with Gasteiger partial charge in [0.05, 0.1) is 0 Å². The van der Waals surface area contributed by atoms with Crippen LogP contribution in [-0.4, -0.2) is 21.1 Å². The van der Waals surface area contributed by atoms with Crippen molar-refractivity contribution in [1.29, 1.82) is 0 Å². The van der Waals surface area contributed by atoms with Crippen LogP contribution >= 0.6 is 11.3 Å². The number of carbonyl (C=O) groups is 1. The van der Waals surface area contributed by atoms with Crippen LogP contribution < -0.4 is 5.32 Å². The SMILES string of the molecule is CCCCCCc1ccc(C(=O)Nc2nnc(-c3ccncc3)s2)cc1. The average molecular weight is 366 g/mol. The highest BCUT2D eigenvalue weighted by atomic mass is 32.1. The van der Waals surface area contributed by atoms with E-state index < -0.39 is 0 Å². The second-order valence-electron chi connectivity index (χ2n) is 6.11. The number of carbonyl (C=O) groups excluding carboxylic acids is 1. The van der Waals surface area contributed by atoms with Crippen molar-refractivity contribution < 1.29 is 4.79 Å². The van der Waals surface area contributed by atoms with Crippen molar-refractivity contribution in [2.24, 2.45) is 0 Å². The minimum absolute atomic E-state index is 0.167. The van der Waals surface area contributed by atoms with Gasteiger partial charge in [0.1, 0.15) is 5.01 Å². The molecule has 0 bridgehead atoms. The zero-order valence-electron chi connectivity index (χ0n) is 14.8. The molecule has 0 aliphatic heterocycles. The zero-order chi connectivity index (χ0) is 18.2. The summed E-state index contributed by atoms with van der Waals surface area (Å²) in [6, 6.07) is 11.5. The summed E-state index contributed by atoms with van der Waals surface area (Å²) in [5, 5.41) is 12.2. The molecule has 0 aliphatic rings. The van der Waals surface area contributed by atoms with Gasteiger partial charge in [0.25, 0.3) is 5.91 Å². The summed E-state index contributed by atoms with van der Waals surface area (Å²) in [6.45, 7) is 2.21. The van der Waals surface area contributed by atoms with Gasteiger partial charge in [0.15, 0.2) is 0 Å². The minimum atomic E-state index is -0.167. The number of benzene rings is 1. The number of aromatic nitrogens is 3. The summed E-state index contributed by atoms with van der Waals surface area (Å²) < 4.78 is 0. The van der Waals surface area contributed by atoms with Gasteiger partial charge in [-0.15, -0.1) is 10.2 Å². The lowest BCUT2D eigenvalue weighted by Crippen LogP contribution is -2.11. The molecule has 0 spiro atoms. The van der Waals surface area contributed by atoms with Crippen LogP contribution in [0, 0.1) is 0 Å². The van der Waals surface area contributed by atoms with Gasteiger partial charge in [-0.2, -0.15) is 0 Å². The molecule has 0 atom stereocenters. The first-order valence-corrected chi connectivity index (χ1v) is 9.72. The third-order valence-corrected chi connectivity index (χ3v) is 5.00. The van der Waals surface area contributed by atoms with Gasteiger partial charge in [0.2, 0.25) is 5.13 Å². The molecule has 0 fully saturated rings. The largest absolute Gasteiger partial charge is 0.296 e. The van der Waals surface area contributed by atoms with Crippen molar-refractivity contribution in [1.82, 2.24) is 15.2 Å². The monoisotopic (exact) mass is 366 g/mol. The van der Waals surface area contributed by atoms with Crippen LogP contribution in [0.15, 0.2) is 48.8 Å². The molecule has 3 aromatic rings. The Hall–Kier alpha value is -2.60. The number of rotatable bonds is 8. The Morgan fingerprint density at radius 3 is 2.50 bits per heavy atom. The van der Waals surface area contributed by atoms with E-state index in [1.54, 1.807) is 12.4 Å². The molecule has 1 N–H and O–H groups in total. The average Bonchev–Trinajstić information content (AvgIpc) is 3.15. The van der Waals surface area contributed by atoms with Gasteiger partial charge in [-0.1, -0.05) is 49.7 Å². The number of nitrogens with zero attached hydrogens (tertiary/aromatic N) is 3. The van der Waals surface area contributed by atoms with E-state index in [1.807, 2.05) is 36.4 Å². The third kappa shape index (κ3) is 4.95. The first-order valence-electron chi connectivity index (χ1n) is 8.90. The fourth-order valence-corrected chi connectivity index (χ4v) is 3.38. The number of hydrogen-bond acceptors (Lipinski definition) is 5. The molecule has 0 radical (unpaired) electrons. The molecular formula is C20H22N4OS. The van der Waals surface area contributed by atoms with Crippen molar-refractivity contribution in [3.63, 3.8) is 0 Å². The van der Waals surface area contributed by atoms with Crippen LogP contribution in [0.2, 0.25) is 0 Å². The summed E-state index contributed by atoms with van der Waals surface area (Å²) in [4.78, 5) is 16.4. The van der Waals surface area contributed by atoms with Crippen LogP contribution in [0.25, 0.3) is 10.6 Å². The van der Waals surface area contributed by atoms with Gasteiger partial charge < -0.3 is 0 Å². The lowest BCUT2D eigenvalue weighted by atomic mass is 10.0. The summed E-state index contributed by atoms with van der Waals surface area (Å²) >= 11 is 1.35. The molecule has 2 aromatic heterocycles. The van der Waals surface area contributed by atoms with Crippen molar-refractivity contribution in [2.45, 2.75) is 39.0 Å². The first-order chi connectivity index (χ1) is 12.8. The molecule has 1 aromatic carbocycles. The fraction of sp³-hybridized carbons (Fsp3) is 0.300. The second kappa shape index (κ2) is 9.20. The maximum Gasteiger partial charge on any atom is 0.257 e. The van der Waals surface area contributed by atoms with E-state index in [-0.39, 0.29) is 5.91 Å². The maximum atomic E-state index is 12.4. The number of nitrogens with one attached hydrogen (secondary N) is 1. The van der Waals surface area contributed by atoms with Gasteiger partial charge in [-0.25, -0.2) is 0 Å². The summed E-state index contributed by atoms with van der Waals surface area (Å²) in [5.41, 5.74) is 2.84. The quantitative estimate of drug-likeness (QED) is 0.571. The smallest absolute Gasteiger partial charge is 0.257 e. The van der Waals surface area contributed by atoms with E-state index in [1.165, 1.54) is 42.6 Å². The maximum absolute atomic E-state index is 12.4. The van der Waals surface area contributed by atoms with Crippen LogP contribution in [0.4, 0.5) is 5.13 Å². The highest BCUT2D eigenvalue weighted by molar-refractivity contribution is 7.18. The molecule has 5 nitrogen and oxygen atoms in total. The zero-order valence-corrected chi connectivity index (χ0v) is 15.6. The fourth-order valence-electron chi connectivity index (χ4n) is 2.63. The van der Waals surface area contributed by atoms with Crippen LogP contribution in [0.5, 0.6) is 0 Å². The molecule has 6 heteroatoms. The molecular weight excluding hydrogens is 344 g/mol. The number of aryl methyl sites for hydroxylation is 1. The Kier molecular flexibility index (Phi) is 6.44. The molecule has 2 heterocycles. The predicted molar refractivity (Wildman–Crippen MR) is 105 cm³/mol. The lowest BCUT2D eigenvalue weighted by molar-refractivity contribution is 0.102. The van der Waals surface area contributed by atoms with E-state index in [9.17, 15) is 4.79 Å². The molecule has 26 heavy (non-hydrogen) atoms. The summed E-state index contributed by atoms with van der Waals surface area (Å²) in [7, 11) is 0.